The van der Waals surface area contributed by atoms with E-state index in [2.05, 4.69) is 5.32 Å². The zero-order chi connectivity index (χ0) is 26.7. The second kappa shape index (κ2) is 11.4. The maximum Gasteiger partial charge on any atom is 0.474 e. The van der Waals surface area contributed by atoms with Crippen molar-refractivity contribution in [2.75, 3.05) is 20.8 Å². The number of fused-ring (bicyclic) bond motifs is 1. The highest BCUT2D eigenvalue weighted by atomic mass is 35.5. The van der Waals surface area contributed by atoms with Gasteiger partial charge in [-0.25, -0.2) is 9.36 Å². The molecule has 1 amide bonds. The van der Waals surface area contributed by atoms with E-state index < -0.39 is 36.8 Å². The SMILES string of the molecule is COP(=O)(OC)OC[C@](C)(CCCc1c(Cl)sc2cc(C(F)(F)F)ccc12)NC(=O)OC(C)(C)C. The minimum atomic E-state index is -4.44. The number of halogens is 4. The Hall–Kier alpha value is -1.36. The Balaban J connectivity index is 2.19. The summed E-state index contributed by atoms with van der Waals surface area (Å²) in [6.07, 6.45) is -3.88. The number of benzene rings is 1. The van der Waals surface area contributed by atoms with E-state index in [9.17, 15) is 22.5 Å². The number of phosphoric ester groups is 1. The van der Waals surface area contributed by atoms with Gasteiger partial charge in [0, 0.05) is 18.9 Å². The lowest BCUT2D eigenvalue weighted by Gasteiger charge is -2.32. The predicted octanol–water partition coefficient (Wildman–Crippen LogP) is 7.60. The molecular formula is C22H30ClF3NO6PS. The smallest absolute Gasteiger partial charge is 0.444 e. The van der Waals surface area contributed by atoms with E-state index in [1.165, 1.54) is 20.3 Å². The molecule has 1 N–H and O–H groups in total. The largest absolute Gasteiger partial charge is 0.474 e. The summed E-state index contributed by atoms with van der Waals surface area (Å²) >= 11 is 7.44. The standard InChI is InChI=1S/C22H30ClF3NO6PS/c1-20(2,3)33-19(28)27-21(4,13-32-34(29,30-5)31-6)11-7-8-16-15-10-9-14(22(24,25)26)12-17(15)35-18(16)23/h9-10,12H,7-8,11,13H2,1-6H3,(H,27,28)/t21-/m0/s1. The molecule has 0 fully saturated rings. The first-order valence-electron chi connectivity index (χ1n) is 10.7. The topological polar surface area (TPSA) is 83.1 Å². The van der Waals surface area contributed by atoms with Gasteiger partial charge in [-0.3, -0.25) is 13.6 Å². The summed E-state index contributed by atoms with van der Waals surface area (Å²) in [5.41, 5.74) is -1.78. The van der Waals surface area contributed by atoms with Gasteiger partial charge in [0.15, 0.2) is 0 Å². The molecule has 0 aliphatic carbocycles. The number of phosphoric acid groups is 1. The van der Waals surface area contributed by atoms with Gasteiger partial charge in [-0.05, 0) is 70.0 Å². The van der Waals surface area contributed by atoms with Crippen molar-refractivity contribution in [1.82, 2.24) is 5.32 Å². The molecule has 0 spiro atoms. The third-order valence-electron chi connectivity index (χ3n) is 5.02. The van der Waals surface area contributed by atoms with Crippen molar-refractivity contribution in [1.29, 1.82) is 0 Å². The zero-order valence-electron chi connectivity index (χ0n) is 20.4. The van der Waals surface area contributed by atoms with Crippen molar-refractivity contribution in [3.05, 3.63) is 33.7 Å². The van der Waals surface area contributed by atoms with Crippen LogP contribution in [0.3, 0.4) is 0 Å². The lowest BCUT2D eigenvalue weighted by atomic mass is 9.94. The first-order chi connectivity index (χ1) is 16.0. The number of hydrogen-bond donors (Lipinski definition) is 1. The third-order valence-corrected chi connectivity index (χ3v) is 7.80. The van der Waals surface area contributed by atoms with Gasteiger partial charge in [-0.15, -0.1) is 11.3 Å². The molecule has 0 saturated carbocycles. The second-order valence-corrected chi connectivity index (χ2v) is 12.7. The molecular weight excluding hydrogens is 530 g/mol. The van der Waals surface area contributed by atoms with E-state index >= 15 is 0 Å². The number of rotatable bonds is 10. The molecule has 0 unspecified atom stereocenters. The fraction of sp³-hybridized carbons (Fsp3) is 0.591. The average molecular weight is 560 g/mol. The molecule has 0 aliphatic heterocycles. The van der Waals surface area contributed by atoms with E-state index in [1.54, 1.807) is 27.7 Å². The minimum absolute atomic E-state index is 0.210. The summed E-state index contributed by atoms with van der Waals surface area (Å²) in [5, 5.41) is 3.40. The summed E-state index contributed by atoms with van der Waals surface area (Å²) in [4.78, 5) is 12.4. The van der Waals surface area contributed by atoms with Crippen LogP contribution in [-0.2, 0) is 35.5 Å². The number of hydrogen-bond acceptors (Lipinski definition) is 7. The Kier molecular flexibility index (Phi) is 9.69. The number of nitrogens with one attached hydrogen (secondary N) is 1. The number of aryl methyl sites for hydroxylation is 1. The Morgan fingerprint density at radius 2 is 1.77 bits per heavy atom. The van der Waals surface area contributed by atoms with Crippen LogP contribution in [0.15, 0.2) is 18.2 Å². The molecule has 0 bridgehead atoms. The highest BCUT2D eigenvalue weighted by Gasteiger charge is 2.34. The van der Waals surface area contributed by atoms with Crippen LogP contribution in [0.2, 0.25) is 4.34 Å². The summed E-state index contributed by atoms with van der Waals surface area (Å²) in [7, 11) is -1.45. The van der Waals surface area contributed by atoms with Crippen molar-refractivity contribution >= 4 is 46.9 Å². The van der Waals surface area contributed by atoms with Crippen molar-refractivity contribution in [3.63, 3.8) is 0 Å². The normalized spacial score (nSPS) is 14.7. The van der Waals surface area contributed by atoms with E-state index in [0.717, 1.165) is 29.0 Å². The molecule has 35 heavy (non-hydrogen) atoms. The van der Waals surface area contributed by atoms with Crippen LogP contribution in [0.4, 0.5) is 18.0 Å². The molecule has 0 aliphatic rings. The van der Waals surface area contributed by atoms with Crippen molar-refractivity contribution < 1.29 is 40.8 Å². The molecule has 1 aromatic carbocycles. The zero-order valence-corrected chi connectivity index (χ0v) is 22.8. The summed E-state index contributed by atoms with van der Waals surface area (Å²) in [5.74, 6) is 0. The van der Waals surface area contributed by atoms with Crippen LogP contribution in [0.5, 0.6) is 0 Å². The van der Waals surface area contributed by atoms with Crippen molar-refractivity contribution in [2.24, 2.45) is 0 Å². The van der Waals surface area contributed by atoms with Gasteiger partial charge in [0.2, 0.25) is 0 Å². The van der Waals surface area contributed by atoms with E-state index in [4.69, 9.17) is 29.9 Å². The quantitative estimate of drug-likeness (QED) is 0.302. The van der Waals surface area contributed by atoms with Gasteiger partial charge in [-0.1, -0.05) is 17.7 Å². The third kappa shape index (κ3) is 8.61. The number of amides is 1. The first-order valence-corrected chi connectivity index (χ1v) is 13.3. The molecule has 1 atom stereocenters. The Bertz CT molecular complexity index is 1080. The minimum Gasteiger partial charge on any atom is -0.444 e. The Morgan fingerprint density at radius 3 is 2.31 bits per heavy atom. The molecule has 2 rings (SSSR count). The predicted molar refractivity (Wildman–Crippen MR) is 130 cm³/mol. The van der Waals surface area contributed by atoms with Crippen molar-refractivity contribution in [3.8, 4) is 0 Å². The molecule has 7 nitrogen and oxygen atoms in total. The molecule has 198 valence electrons. The molecule has 1 aromatic heterocycles. The molecule has 0 radical (unpaired) electrons. The van der Waals surface area contributed by atoms with E-state index in [1.807, 2.05) is 0 Å². The Morgan fingerprint density at radius 1 is 1.14 bits per heavy atom. The number of alkyl halides is 3. The molecule has 1 heterocycles. The lowest BCUT2D eigenvalue weighted by molar-refractivity contribution is -0.137. The van der Waals surface area contributed by atoms with Crippen LogP contribution >= 0.6 is 30.8 Å². The monoisotopic (exact) mass is 559 g/mol. The van der Waals surface area contributed by atoms with Crippen LogP contribution in [0.25, 0.3) is 10.1 Å². The number of thiophene rings is 1. The van der Waals surface area contributed by atoms with Gasteiger partial charge < -0.3 is 10.1 Å². The average Bonchev–Trinajstić information content (AvgIpc) is 3.04. The number of carbonyl (C=O) groups excluding carboxylic acids is 1. The highest BCUT2D eigenvalue weighted by molar-refractivity contribution is 7.48. The van der Waals surface area contributed by atoms with Crippen LogP contribution in [0.1, 0.15) is 51.7 Å². The first kappa shape index (κ1) is 29.9. The van der Waals surface area contributed by atoms with Gasteiger partial charge in [0.25, 0.3) is 0 Å². The van der Waals surface area contributed by atoms with Crippen LogP contribution < -0.4 is 5.32 Å². The van der Waals surface area contributed by atoms with Gasteiger partial charge >= 0.3 is 20.1 Å². The molecule has 0 saturated heterocycles. The number of alkyl carbamates (subject to hydrolysis) is 1. The lowest BCUT2D eigenvalue weighted by Crippen LogP contribution is -2.51. The van der Waals surface area contributed by atoms with Gasteiger partial charge in [0.1, 0.15) is 5.60 Å². The second-order valence-electron chi connectivity index (χ2n) is 9.19. The molecule has 2 aromatic rings. The van der Waals surface area contributed by atoms with Gasteiger partial charge in [0.05, 0.1) is 22.0 Å². The fourth-order valence-corrected chi connectivity index (χ4v) is 5.57. The molecule has 13 heteroatoms. The number of carbonyl (C=O) groups is 1. The van der Waals surface area contributed by atoms with E-state index in [0.29, 0.717) is 33.7 Å². The summed E-state index contributed by atoms with van der Waals surface area (Å²) in [6.45, 7) is 6.64. The fourth-order valence-electron chi connectivity index (χ4n) is 3.31. The maximum absolute atomic E-state index is 13.0. The number of ether oxygens (including phenoxy) is 1. The summed E-state index contributed by atoms with van der Waals surface area (Å²) in [6, 6.07) is 3.54. The highest BCUT2D eigenvalue weighted by Crippen LogP contribution is 2.48. The Labute approximate surface area is 211 Å². The van der Waals surface area contributed by atoms with Crippen LogP contribution in [-0.4, -0.2) is 38.1 Å². The van der Waals surface area contributed by atoms with Crippen molar-refractivity contribution in [2.45, 2.75) is 64.3 Å². The van der Waals surface area contributed by atoms with Crippen LogP contribution in [0, 0.1) is 0 Å². The maximum atomic E-state index is 13.0. The van der Waals surface area contributed by atoms with E-state index in [-0.39, 0.29) is 6.61 Å². The summed E-state index contributed by atoms with van der Waals surface area (Å²) < 4.78 is 72.6. The van der Waals surface area contributed by atoms with Gasteiger partial charge in [-0.2, -0.15) is 13.2 Å².